The van der Waals surface area contributed by atoms with E-state index in [2.05, 4.69) is 4.74 Å². The molecule has 0 aromatic heterocycles. The van der Waals surface area contributed by atoms with Crippen molar-refractivity contribution in [1.82, 2.24) is 4.31 Å². The van der Waals surface area contributed by atoms with Gasteiger partial charge in [0.2, 0.25) is 10.0 Å². The number of nitrogens with zero attached hydrogens (tertiary/aromatic N) is 1. The lowest BCUT2D eigenvalue weighted by Crippen LogP contribution is -2.42. The van der Waals surface area contributed by atoms with E-state index in [1.165, 1.54) is 60.7 Å². The minimum absolute atomic E-state index is 0.0231. The van der Waals surface area contributed by atoms with E-state index in [1.54, 1.807) is 0 Å². The average Bonchev–Trinajstić information content (AvgIpc) is 2.62. The maximum atomic E-state index is 12.9. The van der Waals surface area contributed by atoms with Gasteiger partial charge >= 0.3 is 6.61 Å². The van der Waals surface area contributed by atoms with E-state index < -0.39 is 16.6 Å². The maximum Gasteiger partial charge on any atom is 0.387 e. The molecule has 1 atom stereocenters. The largest absolute Gasteiger partial charge is 0.435 e. The van der Waals surface area contributed by atoms with Gasteiger partial charge in [0.05, 0.1) is 4.90 Å². The van der Waals surface area contributed by atoms with Gasteiger partial charge in [-0.2, -0.15) is 13.1 Å². The minimum Gasteiger partial charge on any atom is -0.435 e. The first-order chi connectivity index (χ1) is 12.0. The zero-order valence-electron chi connectivity index (χ0n) is 14.2. The van der Waals surface area contributed by atoms with E-state index >= 15 is 0 Å². The first-order valence-electron chi connectivity index (χ1n) is 9.02. The molecule has 1 aromatic carbocycles. The lowest BCUT2D eigenvalue weighted by Gasteiger charge is -2.37. The number of hydrogen-bond acceptors (Lipinski definition) is 3. The third-order valence-electron chi connectivity index (χ3n) is 5.41. The number of benzene rings is 1. The molecule has 0 N–H and O–H groups in total. The standard InChI is InChI=1S/C18H25F2NO3S/c19-18(20)24-16-9-4-10-17(12-16)25(22,23)21-11-5-8-15(13-21)14-6-2-1-3-7-14/h4,9-10,12,14-15,18H,1-3,5-8,11,13H2. The van der Waals surface area contributed by atoms with Crippen molar-refractivity contribution in [2.45, 2.75) is 56.5 Å². The molecule has 1 aliphatic carbocycles. The zero-order chi connectivity index (χ0) is 17.9. The van der Waals surface area contributed by atoms with Crippen LogP contribution in [0.3, 0.4) is 0 Å². The Morgan fingerprint density at radius 3 is 2.48 bits per heavy atom. The molecule has 1 aromatic rings. The zero-order valence-corrected chi connectivity index (χ0v) is 15.1. The number of ether oxygens (including phenoxy) is 1. The first kappa shape index (κ1) is 18.6. The quantitative estimate of drug-likeness (QED) is 0.774. The van der Waals surface area contributed by atoms with Gasteiger partial charge in [0.1, 0.15) is 5.75 Å². The van der Waals surface area contributed by atoms with Gasteiger partial charge in [-0.05, 0) is 36.8 Å². The molecule has 0 spiro atoms. The number of hydrogen-bond donors (Lipinski definition) is 0. The predicted octanol–water partition coefficient (Wildman–Crippen LogP) is 4.27. The van der Waals surface area contributed by atoms with Gasteiger partial charge in [0, 0.05) is 19.2 Å². The summed E-state index contributed by atoms with van der Waals surface area (Å²) >= 11 is 0. The third kappa shape index (κ3) is 4.50. The van der Waals surface area contributed by atoms with Crippen LogP contribution in [0.4, 0.5) is 8.78 Å². The third-order valence-corrected chi connectivity index (χ3v) is 7.27. The Kier molecular flexibility index (Phi) is 5.94. The summed E-state index contributed by atoms with van der Waals surface area (Å²) in [5.41, 5.74) is 0. The molecule has 7 heteroatoms. The summed E-state index contributed by atoms with van der Waals surface area (Å²) < 4.78 is 56.5. The van der Waals surface area contributed by atoms with Crippen LogP contribution in [0.5, 0.6) is 5.75 Å². The molecule has 0 amide bonds. The molecular weight excluding hydrogens is 348 g/mol. The monoisotopic (exact) mass is 373 g/mol. The average molecular weight is 373 g/mol. The van der Waals surface area contributed by atoms with Crippen LogP contribution in [0.2, 0.25) is 0 Å². The van der Waals surface area contributed by atoms with Crippen LogP contribution in [0.15, 0.2) is 29.2 Å². The van der Waals surface area contributed by atoms with Crippen LogP contribution in [0.1, 0.15) is 44.9 Å². The number of sulfonamides is 1. The number of piperidine rings is 1. The van der Waals surface area contributed by atoms with E-state index in [4.69, 9.17) is 0 Å². The van der Waals surface area contributed by atoms with Crippen molar-refractivity contribution in [3.05, 3.63) is 24.3 Å². The van der Waals surface area contributed by atoms with Crippen molar-refractivity contribution in [2.24, 2.45) is 11.8 Å². The molecule has 2 fully saturated rings. The highest BCUT2D eigenvalue weighted by atomic mass is 32.2. The fourth-order valence-corrected chi connectivity index (χ4v) is 5.71. The van der Waals surface area contributed by atoms with E-state index in [-0.39, 0.29) is 10.6 Å². The molecule has 3 rings (SSSR count). The van der Waals surface area contributed by atoms with E-state index in [9.17, 15) is 17.2 Å². The fraction of sp³-hybridized carbons (Fsp3) is 0.667. The molecule has 1 heterocycles. The van der Waals surface area contributed by atoms with Crippen molar-refractivity contribution < 1.29 is 21.9 Å². The highest BCUT2D eigenvalue weighted by molar-refractivity contribution is 7.89. The molecule has 1 saturated carbocycles. The summed E-state index contributed by atoms with van der Waals surface area (Å²) in [5.74, 6) is 0.890. The summed E-state index contributed by atoms with van der Waals surface area (Å²) in [6.45, 7) is -1.94. The van der Waals surface area contributed by atoms with Crippen LogP contribution in [-0.4, -0.2) is 32.4 Å². The second-order valence-electron chi connectivity index (χ2n) is 7.02. The van der Waals surface area contributed by atoms with E-state index in [1.807, 2.05) is 0 Å². The van der Waals surface area contributed by atoms with Crippen LogP contribution in [0.25, 0.3) is 0 Å². The molecule has 1 saturated heterocycles. The number of rotatable bonds is 5. The molecule has 25 heavy (non-hydrogen) atoms. The van der Waals surface area contributed by atoms with Gasteiger partial charge < -0.3 is 4.74 Å². The lowest BCUT2D eigenvalue weighted by atomic mass is 9.77. The Hall–Kier alpha value is -1.21. The molecule has 0 radical (unpaired) electrons. The minimum atomic E-state index is -3.68. The smallest absolute Gasteiger partial charge is 0.387 e. The number of alkyl halides is 2. The Labute approximate surface area is 148 Å². The topological polar surface area (TPSA) is 46.6 Å². The SMILES string of the molecule is O=S(=O)(c1cccc(OC(F)F)c1)N1CCCC(C2CCCCC2)C1. The normalized spacial score (nSPS) is 23.7. The fourth-order valence-electron chi connectivity index (χ4n) is 4.14. The van der Waals surface area contributed by atoms with Crippen molar-refractivity contribution in [2.75, 3.05) is 13.1 Å². The van der Waals surface area contributed by atoms with Gasteiger partial charge in [0.25, 0.3) is 0 Å². The van der Waals surface area contributed by atoms with Crippen molar-refractivity contribution in [3.8, 4) is 5.75 Å². The lowest BCUT2D eigenvalue weighted by molar-refractivity contribution is -0.0500. The second kappa shape index (κ2) is 7.99. The van der Waals surface area contributed by atoms with Crippen LogP contribution >= 0.6 is 0 Å². The van der Waals surface area contributed by atoms with Crippen LogP contribution < -0.4 is 4.74 Å². The van der Waals surface area contributed by atoms with Crippen LogP contribution in [0, 0.1) is 11.8 Å². The summed E-state index contributed by atoms with van der Waals surface area (Å²) in [4.78, 5) is 0.0231. The summed E-state index contributed by atoms with van der Waals surface area (Å²) in [6, 6.07) is 5.41. The Morgan fingerprint density at radius 2 is 1.76 bits per heavy atom. The van der Waals surface area contributed by atoms with Crippen molar-refractivity contribution >= 4 is 10.0 Å². The molecular formula is C18H25F2NO3S. The van der Waals surface area contributed by atoms with Gasteiger partial charge in [-0.15, -0.1) is 0 Å². The molecule has 1 aliphatic heterocycles. The Bertz CT molecular complexity index is 675. The van der Waals surface area contributed by atoms with Gasteiger partial charge in [0.15, 0.2) is 0 Å². The second-order valence-corrected chi connectivity index (χ2v) is 8.95. The van der Waals surface area contributed by atoms with Gasteiger partial charge in [-0.25, -0.2) is 8.42 Å². The van der Waals surface area contributed by atoms with E-state index in [0.29, 0.717) is 24.9 Å². The maximum absolute atomic E-state index is 12.9. The molecule has 1 unspecified atom stereocenters. The van der Waals surface area contributed by atoms with Crippen molar-refractivity contribution in [3.63, 3.8) is 0 Å². The molecule has 2 aliphatic rings. The van der Waals surface area contributed by atoms with Crippen molar-refractivity contribution in [1.29, 1.82) is 0 Å². The van der Waals surface area contributed by atoms with Gasteiger partial charge in [-0.1, -0.05) is 38.2 Å². The predicted molar refractivity (Wildman–Crippen MR) is 91.1 cm³/mol. The van der Waals surface area contributed by atoms with Gasteiger partial charge in [-0.3, -0.25) is 0 Å². The summed E-state index contributed by atoms with van der Waals surface area (Å²) in [7, 11) is -3.68. The van der Waals surface area contributed by atoms with E-state index in [0.717, 1.165) is 12.8 Å². The Morgan fingerprint density at radius 1 is 1.04 bits per heavy atom. The highest BCUT2D eigenvalue weighted by Gasteiger charge is 2.34. The molecule has 4 nitrogen and oxygen atoms in total. The first-order valence-corrected chi connectivity index (χ1v) is 10.5. The molecule has 0 bridgehead atoms. The summed E-state index contributed by atoms with van der Waals surface area (Å²) in [5, 5.41) is 0. The number of halogens is 2. The summed E-state index contributed by atoms with van der Waals surface area (Å²) in [6.07, 6.45) is 8.06. The highest BCUT2D eigenvalue weighted by Crippen LogP contribution is 2.36. The Balaban J connectivity index is 1.74. The molecule has 140 valence electrons. The van der Waals surface area contributed by atoms with Crippen LogP contribution in [-0.2, 0) is 10.0 Å².